The summed E-state index contributed by atoms with van der Waals surface area (Å²) in [6.07, 6.45) is 18.0. The molecular weight excluding hydrogens is 280 g/mol. The van der Waals surface area contributed by atoms with Gasteiger partial charge in [-0.25, -0.2) is 0 Å². The van der Waals surface area contributed by atoms with Crippen molar-refractivity contribution < 1.29 is 9.53 Å². The van der Waals surface area contributed by atoms with Crippen LogP contribution in [0.1, 0.15) is 71.1 Å². The number of carbonyl (C=O) groups excluding carboxylic acids is 1. The predicted molar refractivity (Wildman–Crippen MR) is 94.6 cm³/mol. The zero-order valence-electron chi connectivity index (χ0n) is 13.8. The molecule has 0 N–H and O–H groups in total. The zero-order chi connectivity index (χ0) is 15.6. The van der Waals surface area contributed by atoms with Crippen LogP contribution < -0.4 is 0 Å². The minimum Gasteiger partial charge on any atom is -0.469 e. The van der Waals surface area contributed by atoms with E-state index in [4.69, 9.17) is 0 Å². The average molecular weight is 313 g/mol. The van der Waals surface area contributed by atoms with Gasteiger partial charge < -0.3 is 4.74 Å². The maximum atomic E-state index is 10.9. The summed E-state index contributed by atoms with van der Waals surface area (Å²) in [6.45, 7) is 2.23. The summed E-state index contributed by atoms with van der Waals surface area (Å²) in [5, 5.41) is 2.22. The topological polar surface area (TPSA) is 26.3 Å². The number of esters is 1. The minimum atomic E-state index is -0.0844. The van der Waals surface area contributed by atoms with Crippen molar-refractivity contribution in [1.82, 2.24) is 0 Å². The molecule has 0 aliphatic carbocycles. The second-order valence-corrected chi connectivity index (χ2v) is 6.20. The summed E-state index contributed by atoms with van der Waals surface area (Å²) >= 11 is 1.91. The third-order valence-electron chi connectivity index (χ3n) is 3.23. The monoisotopic (exact) mass is 312 g/mol. The Morgan fingerprint density at radius 1 is 1.00 bits per heavy atom. The minimum absolute atomic E-state index is 0.0844. The Bertz CT molecular complexity index is 285. The van der Waals surface area contributed by atoms with E-state index in [2.05, 4.69) is 35.3 Å². The van der Waals surface area contributed by atoms with E-state index in [1.165, 1.54) is 51.4 Å². The van der Waals surface area contributed by atoms with Crippen LogP contribution in [-0.4, -0.2) is 18.8 Å². The summed E-state index contributed by atoms with van der Waals surface area (Å²) in [4.78, 5) is 10.9. The lowest BCUT2D eigenvalue weighted by molar-refractivity contribution is -0.140. The molecule has 3 heteroatoms. The Kier molecular flexibility index (Phi) is 16.8. The number of carbonyl (C=O) groups is 1. The SMILES string of the molecule is CCCCS/C=C\C/C=C\CCCCCCCC(=O)OC. The number of thioether (sulfide) groups is 1. The largest absolute Gasteiger partial charge is 0.469 e. The van der Waals surface area contributed by atoms with Crippen LogP contribution in [0.4, 0.5) is 0 Å². The molecule has 0 aromatic heterocycles. The maximum Gasteiger partial charge on any atom is 0.305 e. The lowest BCUT2D eigenvalue weighted by Gasteiger charge is -1.99. The van der Waals surface area contributed by atoms with Crippen LogP contribution in [0.15, 0.2) is 23.6 Å². The summed E-state index contributed by atoms with van der Waals surface area (Å²) < 4.78 is 4.61. The van der Waals surface area contributed by atoms with Crippen molar-refractivity contribution in [2.24, 2.45) is 0 Å². The van der Waals surface area contributed by atoms with Crippen molar-refractivity contribution in [3.8, 4) is 0 Å². The molecule has 0 bridgehead atoms. The Balaban J connectivity index is 3.20. The van der Waals surface area contributed by atoms with Gasteiger partial charge in [0.2, 0.25) is 0 Å². The van der Waals surface area contributed by atoms with Gasteiger partial charge in [-0.15, -0.1) is 11.8 Å². The van der Waals surface area contributed by atoms with E-state index >= 15 is 0 Å². The normalized spacial score (nSPS) is 11.5. The molecule has 0 amide bonds. The molecule has 0 saturated carbocycles. The zero-order valence-corrected chi connectivity index (χ0v) is 14.6. The molecule has 0 unspecified atom stereocenters. The molecule has 0 heterocycles. The first-order valence-electron chi connectivity index (χ1n) is 8.29. The summed E-state index contributed by atoms with van der Waals surface area (Å²) in [5.41, 5.74) is 0. The highest BCUT2D eigenvalue weighted by atomic mass is 32.2. The molecule has 2 nitrogen and oxygen atoms in total. The molecule has 0 aliphatic rings. The number of methoxy groups -OCH3 is 1. The smallest absolute Gasteiger partial charge is 0.305 e. The molecule has 0 aromatic carbocycles. The van der Waals surface area contributed by atoms with Gasteiger partial charge in [0.05, 0.1) is 7.11 Å². The predicted octanol–water partition coefficient (Wildman–Crippen LogP) is 5.88. The van der Waals surface area contributed by atoms with Gasteiger partial charge in [-0.1, -0.05) is 50.8 Å². The fraction of sp³-hybridized carbons (Fsp3) is 0.722. The van der Waals surface area contributed by atoms with Crippen LogP contribution in [0.25, 0.3) is 0 Å². The molecule has 0 aromatic rings. The van der Waals surface area contributed by atoms with Crippen molar-refractivity contribution in [2.45, 2.75) is 71.1 Å². The second-order valence-electron chi connectivity index (χ2n) is 5.19. The first kappa shape index (κ1) is 20.3. The average Bonchev–Trinajstić information content (AvgIpc) is 2.50. The molecular formula is C18H32O2S. The van der Waals surface area contributed by atoms with Gasteiger partial charge in [-0.2, -0.15) is 0 Å². The molecule has 122 valence electrons. The Hall–Kier alpha value is -0.700. The molecule has 0 aliphatic heterocycles. The standard InChI is InChI=1S/C18H32O2S/c1-3-4-16-21-17-14-12-10-8-6-5-7-9-11-13-15-18(19)20-2/h8,10,14,17H,3-7,9,11-13,15-16H2,1-2H3/b10-8-,17-14-. The third kappa shape index (κ3) is 17.2. The van der Waals surface area contributed by atoms with Crippen LogP contribution in [0, 0.1) is 0 Å². The quantitative estimate of drug-likeness (QED) is 0.227. The molecule has 0 saturated heterocycles. The van der Waals surface area contributed by atoms with Gasteiger partial charge in [0.1, 0.15) is 0 Å². The maximum absolute atomic E-state index is 10.9. The highest BCUT2D eigenvalue weighted by Crippen LogP contribution is 2.09. The number of unbranched alkanes of at least 4 members (excludes halogenated alkanes) is 6. The van der Waals surface area contributed by atoms with Gasteiger partial charge >= 0.3 is 5.97 Å². The van der Waals surface area contributed by atoms with Crippen LogP contribution in [0.2, 0.25) is 0 Å². The van der Waals surface area contributed by atoms with E-state index in [9.17, 15) is 4.79 Å². The van der Waals surface area contributed by atoms with E-state index in [0.717, 1.165) is 19.3 Å². The Labute approximate surface area is 135 Å². The second kappa shape index (κ2) is 17.4. The van der Waals surface area contributed by atoms with Crippen molar-refractivity contribution in [2.75, 3.05) is 12.9 Å². The van der Waals surface area contributed by atoms with E-state index in [-0.39, 0.29) is 5.97 Å². The summed E-state index contributed by atoms with van der Waals surface area (Å²) in [6, 6.07) is 0. The van der Waals surface area contributed by atoms with Crippen molar-refractivity contribution >= 4 is 17.7 Å². The van der Waals surface area contributed by atoms with E-state index in [1.54, 1.807) is 0 Å². The van der Waals surface area contributed by atoms with Gasteiger partial charge in [0.25, 0.3) is 0 Å². The molecule has 0 radical (unpaired) electrons. The van der Waals surface area contributed by atoms with Crippen LogP contribution >= 0.6 is 11.8 Å². The fourth-order valence-electron chi connectivity index (χ4n) is 1.88. The first-order valence-corrected chi connectivity index (χ1v) is 9.34. The lowest BCUT2D eigenvalue weighted by Crippen LogP contribution is -1.98. The van der Waals surface area contributed by atoms with E-state index in [1.807, 2.05) is 11.8 Å². The van der Waals surface area contributed by atoms with Crippen LogP contribution in [-0.2, 0) is 9.53 Å². The number of allylic oxidation sites excluding steroid dienone is 3. The summed E-state index contributed by atoms with van der Waals surface area (Å²) in [5.74, 6) is 1.16. The molecule has 21 heavy (non-hydrogen) atoms. The third-order valence-corrected chi connectivity index (χ3v) is 4.14. The van der Waals surface area contributed by atoms with Crippen LogP contribution in [0.3, 0.4) is 0 Å². The molecule has 0 atom stereocenters. The highest BCUT2D eigenvalue weighted by molar-refractivity contribution is 8.02. The van der Waals surface area contributed by atoms with Gasteiger partial charge in [0, 0.05) is 6.42 Å². The Morgan fingerprint density at radius 3 is 2.52 bits per heavy atom. The van der Waals surface area contributed by atoms with Crippen LogP contribution in [0.5, 0.6) is 0 Å². The molecule has 0 rings (SSSR count). The number of ether oxygens (including phenoxy) is 1. The number of hydrogen-bond donors (Lipinski definition) is 0. The molecule has 0 spiro atoms. The van der Waals surface area contributed by atoms with E-state index in [0.29, 0.717) is 6.42 Å². The number of hydrogen-bond acceptors (Lipinski definition) is 3. The van der Waals surface area contributed by atoms with E-state index < -0.39 is 0 Å². The Morgan fingerprint density at radius 2 is 1.76 bits per heavy atom. The first-order chi connectivity index (χ1) is 10.3. The van der Waals surface area contributed by atoms with Gasteiger partial charge in [-0.3, -0.25) is 4.79 Å². The van der Waals surface area contributed by atoms with Gasteiger partial charge in [0.15, 0.2) is 0 Å². The summed E-state index contributed by atoms with van der Waals surface area (Å²) in [7, 11) is 1.45. The highest BCUT2D eigenvalue weighted by Gasteiger charge is 1.98. The molecule has 0 fully saturated rings. The van der Waals surface area contributed by atoms with Crippen molar-refractivity contribution in [3.05, 3.63) is 23.6 Å². The van der Waals surface area contributed by atoms with Gasteiger partial charge in [-0.05, 0) is 43.3 Å². The van der Waals surface area contributed by atoms with Crippen molar-refractivity contribution in [3.63, 3.8) is 0 Å². The fourth-order valence-corrected chi connectivity index (χ4v) is 2.71. The van der Waals surface area contributed by atoms with Crippen molar-refractivity contribution in [1.29, 1.82) is 0 Å². The lowest BCUT2D eigenvalue weighted by atomic mass is 10.1. The number of rotatable bonds is 14.